The maximum atomic E-state index is 5.44. The largest absolute Gasteiger partial charge is 0.228 e. The molecule has 11 rings (SSSR count). The van der Waals surface area contributed by atoms with Gasteiger partial charge in [-0.1, -0.05) is 184 Å². The molecule has 268 valence electrons. The van der Waals surface area contributed by atoms with E-state index in [-0.39, 0.29) is 5.41 Å². The molecule has 0 N–H and O–H groups in total. The van der Waals surface area contributed by atoms with Crippen molar-refractivity contribution in [3.63, 3.8) is 0 Å². The smallest absolute Gasteiger partial charge is 0.161 e. The molecule has 0 bridgehead atoms. The molecule has 1 aliphatic rings. The predicted molar refractivity (Wildman–Crippen MR) is 239 cm³/mol. The van der Waals surface area contributed by atoms with Gasteiger partial charge < -0.3 is 0 Å². The van der Waals surface area contributed by atoms with Gasteiger partial charge in [-0.25, -0.2) is 9.97 Å². The van der Waals surface area contributed by atoms with Crippen LogP contribution in [0.5, 0.6) is 0 Å². The van der Waals surface area contributed by atoms with Crippen LogP contribution in [0.3, 0.4) is 0 Å². The second kappa shape index (κ2) is 13.0. The van der Waals surface area contributed by atoms with Crippen molar-refractivity contribution in [2.75, 3.05) is 0 Å². The molecule has 2 nitrogen and oxygen atoms in total. The Labute approximate surface area is 332 Å². The number of nitrogens with zero attached hydrogens (tertiary/aromatic N) is 2. The Hall–Kier alpha value is -7.16. The molecule has 1 aromatic heterocycles. The Morgan fingerprint density at radius 2 is 0.842 bits per heavy atom. The molecule has 10 aromatic rings. The van der Waals surface area contributed by atoms with Crippen LogP contribution in [0.2, 0.25) is 0 Å². The van der Waals surface area contributed by atoms with Crippen molar-refractivity contribution < 1.29 is 0 Å². The number of hydrogen-bond acceptors (Lipinski definition) is 2. The molecule has 1 heterocycles. The van der Waals surface area contributed by atoms with Crippen LogP contribution in [0, 0.1) is 0 Å². The monoisotopic (exact) mass is 726 g/mol. The molecule has 57 heavy (non-hydrogen) atoms. The van der Waals surface area contributed by atoms with Gasteiger partial charge in [-0.2, -0.15) is 0 Å². The van der Waals surface area contributed by atoms with Crippen molar-refractivity contribution in [2.24, 2.45) is 0 Å². The first kappa shape index (κ1) is 33.2. The SMILES string of the molecule is CC1(C)c2cc3ccccc3cc2-c2cccc(-c3ccc(-c4nc(-c5ccccc5)cc(-c5ccccc5-c5cccc6ccccc56)n4)c4ccccc34)c21. The second-order valence-corrected chi connectivity index (χ2v) is 15.7. The zero-order valence-electron chi connectivity index (χ0n) is 31.9. The third-order valence-corrected chi connectivity index (χ3v) is 12.1. The first-order chi connectivity index (χ1) is 28.0. The molecule has 9 aromatic carbocycles. The Bertz CT molecular complexity index is 3210. The van der Waals surface area contributed by atoms with Gasteiger partial charge in [-0.05, 0) is 101 Å². The molecular formula is C55H38N2. The van der Waals surface area contributed by atoms with E-state index in [0.717, 1.165) is 39.0 Å². The Morgan fingerprint density at radius 3 is 1.63 bits per heavy atom. The molecular weight excluding hydrogens is 689 g/mol. The highest BCUT2D eigenvalue weighted by molar-refractivity contribution is 6.07. The van der Waals surface area contributed by atoms with Gasteiger partial charge >= 0.3 is 0 Å². The van der Waals surface area contributed by atoms with Crippen LogP contribution in [0.1, 0.15) is 25.0 Å². The topological polar surface area (TPSA) is 25.8 Å². The van der Waals surface area contributed by atoms with E-state index in [4.69, 9.17) is 9.97 Å². The first-order valence-electron chi connectivity index (χ1n) is 19.7. The van der Waals surface area contributed by atoms with E-state index < -0.39 is 0 Å². The van der Waals surface area contributed by atoms with Gasteiger partial charge in [-0.3, -0.25) is 0 Å². The Kier molecular flexibility index (Phi) is 7.55. The maximum absolute atomic E-state index is 5.44. The van der Waals surface area contributed by atoms with Gasteiger partial charge in [-0.15, -0.1) is 0 Å². The predicted octanol–water partition coefficient (Wildman–Crippen LogP) is 14.6. The quantitative estimate of drug-likeness (QED) is 0.176. The summed E-state index contributed by atoms with van der Waals surface area (Å²) < 4.78 is 0. The van der Waals surface area contributed by atoms with Crippen LogP contribution >= 0.6 is 0 Å². The summed E-state index contributed by atoms with van der Waals surface area (Å²) in [4.78, 5) is 10.8. The highest BCUT2D eigenvalue weighted by Gasteiger charge is 2.38. The molecule has 0 aliphatic heterocycles. The van der Waals surface area contributed by atoms with Crippen LogP contribution in [0.25, 0.3) is 99.6 Å². The lowest BCUT2D eigenvalue weighted by Gasteiger charge is -2.25. The van der Waals surface area contributed by atoms with Gasteiger partial charge in [0.1, 0.15) is 0 Å². The van der Waals surface area contributed by atoms with Crippen molar-refractivity contribution in [2.45, 2.75) is 19.3 Å². The average Bonchev–Trinajstić information content (AvgIpc) is 3.50. The number of rotatable bonds is 5. The summed E-state index contributed by atoms with van der Waals surface area (Å²) >= 11 is 0. The lowest BCUT2D eigenvalue weighted by atomic mass is 9.78. The van der Waals surface area contributed by atoms with Gasteiger partial charge in [0.15, 0.2) is 5.82 Å². The molecule has 0 unspecified atom stereocenters. The molecule has 0 atom stereocenters. The molecule has 0 saturated heterocycles. The highest BCUT2D eigenvalue weighted by Crippen LogP contribution is 2.54. The Balaban J connectivity index is 1.11. The van der Waals surface area contributed by atoms with Crippen molar-refractivity contribution in [3.05, 3.63) is 205 Å². The lowest BCUT2D eigenvalue weighted by Crippen LogP contribution is -2.16. The fraction of sp³-hybridized carbons (Fsp3) is 0.0545. The van der Waals surface area contributed by atoms with Crippen molar-refractivity contribution in [3.8, 4) is 67.3 Å². The summed E-state index contributed by atoms with van der Waals surface area (Å²) in [6.07, 6.45) is 0. The van der Waals surface area contributed by atoms with Crippen LogP contribution < -0.4 is 0 Å². The molecule has 0 amide bonds. The van der Waals surface area contributed by atoms with E-state index in [1.807, 2.05) is 0 Å². The standard InChI is InChI=1S/C55H38N2/c1-55(2)50-33-38-20-7-6-19-37(38)32-49(50)47-29-15-28-46(53(47)55)44-30-31-48(43-25-11-10-23-41(43)44)54-56-51(36-17-4-3-5-18-36)34-52(57-54)45-26-13-12-24-42(45)40-27-14-21-35-16-8-9-22-39(35)40/h3-34H,1-2H3. The van der Waals surface area contributed by atoms with Crippen molar-refractivity contribution >= 4 is 32.3 Å². The van der Waals surface area contributed by atoms with Gasteiger partial charge in [0, 0.05) is 22.1 Å². The number of fused-ring (bicyclic) bond motifs is 6. The van der Waals surface area contributed by atoms with E-state index in [2.05, 4.69) is 208 Å². The zero-order chi connectivity index (χ0) is 38.1. The summed E-state index contributed by atoms with van der Waals surface area (Å²) in [6, 6.07) is 70.0. The molecule has 2 heteroatoms. The van der Waals surface area contributed by atoms with E-state index in [1.54, 1.807) is 0 Å². The number of aromatic nitrogens is 2. The summed E-state index contributed by atoms with van der Waals surface area (Å²) in [5.41, 5.74) is 15.0. The van der Waals surface area contributed by atoms with Gasteiger partial charge in [0.2, 0.25) is 0 Å². The molecule has 0 saturated carbocycles. The van der Waals surface area contributed by atoms with Crippen LogP contribution in [0.15, 0.2) is 194 Å². The molecule has 0 radical (unpaired) electrons. The third-order valence-electron chi connectivity index (χ3n) is 12.1. The molecule has 0 spiro atoms. The van der Waals surface area contributed by atoms with Crippen molar-refractivity contribution in [1.29, 1.82) is 0 Å². The summed E-state index contributed by atoms with van der Waals surface area (Å²) in [7, 11) is 0. The zero-order valence-corrected chi connectivity index (χ0v) is 31.9. The van der Waals surface area contributed by atoms with E-state index in [0.29, 0.717) is 5.82 Å². The second-order valence-electron chi connectivity index (χ2n) is 15.7. The van der Waals surface area contributed by atoms with E-state index in [1.165, 1.54) is 65.9 Å². The van der Waals surface area contributed by atoms with E-state index >= 15 is 0 Å². The van der Waals surface area contributed by atoms with Crippen LogP contribution in [-0.4, -0.2) is 9.97 Å². The summed E-state index contributed by atoms with van der Waals surface area (Å²) in [6.45, 7) is 4.76. The van der Waals surface area contributed by atoms with E-state index in [9.17, 15) is 0 Å². The normalized spacial score (nSPS) is 12.9. The first-order valence-corrected chi connectivity index (χ1v) is 19.7. The minimum atomic E-state index is -0.176. The number of hydrogen-bond donors (Lipinski definition) is 0. The fourth-order valence-corrected chi connectivity index (χ4v) is 9.38. The minimum Gasteiger partial charge on any atom is -0.228 e. The maximum Gasteiger partial charge on any atom is 0.161 e. The third kappa shape index (κ3) is 5.33. The average molecular weight is 727 g/mol. The van der Waals surface area contributed by atoms with Gasteiger partial charge in [0.05, 0.1) is 11.4 Å². The molecule has 1 aliphatic carbocycles. The van der Waals surface area contributed by atoms with Crippen molar-refractivity contribution in [1.82, 2.24) is 9.97 Å². The summed E-state index contributed by atoms with van der Waals surface area (Å²) in [5.74, 6) is 0.708. The van der Waals surface area contributed by atoms with Crippen LogP contribution in [0.4, 0.5) is 0 Å². The highest BCUT2D eigenvalue weighted by atomic mass is 14.9. The molecule has 0 fully saturated rings. The minimum absolute atomic E-state index is 0.176. The fourth-order valence-electron chi connectivity index (χ4n) is 9.38. The number of benzene rings is 9. The summed E-state index contributed by atoms with van der Waals surface area (Å²) in [5, 5.41) is 7.31. The lowest BCUT2D eigenvalue weighted by molar-refractivity contribution is 0.663. The Morgan fingerprint density at radius 1 is 0.333 bits per heavy atom. The van der Waals surface area contributed by atoms with Gasteiger partial charge in [0.25, 0.3) is 0 Å². The van der Waals surface area contributed by atoms with Crippen LogP contribution in [-0.2, 0) is 5.41 Å².